The van der Waals surface area contributed by atoms with Gasteiger partial charge < -0.3 is 10.4 Å². The third kappa shape index (κ3) is 4.51. The van der Waals surface area contributed by atoms with Gasteiger partial charge in [0.1, 0.15) is 6.04 Å². The van der Waals surface area contributed by atoms with E-state index in [2.05, 4.69) is 5.32 Å². The maximum absolute atomic E-state index is 11.3. The third-order valence-corrected chi connectivity index (χ3v) is 2.23. The molecular formula is C13H15NO3. The standard InChI is InChI=1S/C13H15NO3/c1-9-3-5-11(6-4-9)7-8-12(15)14-10(2)13(16)17/h3-8,10H,1-2H3,(H,14,15)(H,16,17)/b8-7+/t10-/m1/s1. The van der Waals surface area contributed by atoms with Gasteiger partial charge in [0.15, 0.2) is 0 Å². The average Bonchev–Trinajstić information content (AvgIpc) is 2.28. The Labute approximate surface area is 100.0 Å². The van der Waals surface area contributed by atoms with Crippen LogP contribution >= 0.6 is 0 Å². The first kappa shape index (κ1) is 13.0. The Kier molecular flexibility index (Phi) is 4.46. The maximum atomic E-state index is 11.3. The molecule has 17 heavy (non-hydrogen) atoms. The van der Waals surface area contributed by atoms with Crippen LogP contribution in [0.1, 0.15) is 18.1 Å². The molecule has 1 aromatic rings. The quantitative estimate of drug-likeness (QED) is 0.776. The first-order valence-electron chi connectivity index (χ1n) is 5.27. The summed E-state index contributed by atoms with van der Waals surface area (Å²) in [6.45, 7) is 3.40. The number of rotatable bonds is 4. The second kappa shape index (κ2) is 5.84. The van der Waals surface area contributed by atoms with Crippen LogP contribution in [0.25, 0.3) is 6.08 Å². The number of carbonyl (C=O) groups is 2. The predicted octanol–water partition coefficient (Wildman–Crippen LogP) is 1.60. The van der Waals surface area contributed by atoms with E-state index in [1.54, 1.807) is 6.08 Å². The molecule has 4 nitrogen and oxygen atoms in total. The lowest BCUT2D eigenvalue weighted by molar-refractivity contribution is -0.140. The van der Waals surface area contributed by atoms with E-state index in [1.165, 1.54) is 13.0 Å². The highest BCUT2D eigenvalue weighted by Crippen LogP contribution is 2.04. The summed E-state index contributed by atoms with van der Waals surface area (Å²) in [4.78, 5) is 21.8. The fraction of sp³-hybridized carbons (Fsp3) is 0.231. The molecule has 0 bridgehead atoms. The molecule has 0 aliphatic rings. The van der Waals surface area contributed by atoms with E-state index in [0.717, 1.165) is 11.1 Å². The van der Waals surface area contributed by atoms with Crippen molar-refractivity contribution in [2.45, 2.75) is 19.9 Å². The lowest BCUT2D eigenvalue weighted by Gasteiger charge is -2.05. The Balaban J connectivity index is 2.56. The molecule has 90 valence electrons. The molecule has 1 amide bonds. The zero-order valence-corrected chi connectivity index (χ0v) is 9.81. The SMILES string of the molecule is Cc1ccc(/C=C/C(=O)N[C@H](C)C(=O)O)cc1. The molecular weight excluding hydrogens is 218 g/mol. The van der Waals surface area contributed by atoms with Gasteiger partial charge in [-0.15, -0.1) is 0 Å². The predicted molar refractivity (Wildman–Crippen MR) is 65.5 cm³/mol. The normalized spacial score (nSPS) is 12.4. The molecule has 0 aliphatic heterocycles. The number of hydrogen-bond acceptors (Lipinski definition) is 2. The van der Waals surface area contributed by atoms with Crippen molar-refractivity contribution in [2.24, 2.45) is 0 Å². The molecule has 0 saturated carbocycles. The van der Waals surface area contributed by atoms with Gasteiger partial charge in [0.25, 0.3) is 0 Å². The first-order chi connectivity index (χ1) is 7.99. The van der Waals surface area contributed by atoms with Gasteiger partial charge in [-0.1, -0.05) is 29.8 Å². The number of benzene rings is 1. The molecule has 1 aromatic carbocycles. The van der Waals surface area contributed by atoms with Gasteiger partial charge >= 0.3 is 5.97 Å². The largest absolute Gasteiger partial charge is 0.480 e. The third-order valence-electron chi connectivity index (χ3n) is 2.23. The zero-order valence-electron chi connectivity index (χ0n) is 9.81. The molecule has 0 aliphatic carbocycles. The summed E-state index contributed by atoms with van der Waals surface area (Å²) in [7, 11) is 0. The molecule has 1 rings (SSSR count). The molecule has 0 fully saturated rings. The van der Waals surface area contributed by atoms with Crippen LogP contribution in [-0.2, 0) is 9.59 Å². The summed E-state index contributed by atoms with van der Waals surface area (Å²) in [5.41, 5.74) is 2.04. The summed E-state index contributed by atoms with van der Waals surface area (Å²) in [6, 6.07) is 6.78. The second-order valence-electron chi connectivity index (χ2n) is 3.81. The first-order valence-corrected chi connectivity index (χ1v) is 5.27. The Morgan fingerprint density at radius 3 is 2.41 bits per heavy atom. The number of carbonyl (C=O) groups excluding carboxylic acids is 1. The summed E-state index contributed by atoms with van der Waals surface area (Å²) < 4.78 is 0. The number of carboxylic acids is 1. The lowest BCUT2D eigenvalue weighted by atomic mass is 10.1. The van der Waals surface area contributed by atoms with Gasteiger partial charge in [-0.3, -0.25) is 9.59 Å². The van der Waals surface area contributed by atoms with Crippen molar-refractivity contribution >= 4 is 18.0 Å². The summed E-state index contributed by atoms with van der Waals surface area (Å²) >= 11 is 0. The van der Waals surface area contributed by atoms with Crippen LogP contribution < -0.4 is 5.32 Å². The number of nitrogens with one attached hydrogen (secondary N) is 1. The average molecular weight is 233 g/mol. The highest BCUT2D eigenvalue weighted by Gasteiger charge is 2.11. The maximum Gasteiger partial charge on any atom is 0.325 e. The Bertz CT molecular complexity index is 434. The van der Waals surface area contributed by atoms with Crippen LogP contribution in [0.5, 0.6) is 0 Å². The van der Waals surface area contributed by atoms with Crippen LogP contribution in [0.4, 0.5) is 0 Å². The minimum atomic E-state index is -1.05. The molecule has 0 aromatic heterocycles. The van der Waals surface area contributed by atoms with Crippen LogP contribution in [0.2, 0.25) is 0 Å². The van der Waals surface area contributed by atoms with E-state index in [4.69, 9.17) is 5.11 Å². The molecule has 4 heteroatoms. The zero-order chi connectivity index (χ0) is 12.8. The van der Waals surface area contributed by atoms with Crippen molar-refractivity contribution in [1.29, 1.82) is 0 Å². The molecule has 2 N–H and O–H groups in total. The number of carboxylic acid groups (broad SMARTS) is 1. The summed E-state index contributed by atoms with van der Waals surface area (Å²) in [5, 5.41) is 10.9. The number of aryl methyl sites for hydroxylation is 1. The van der Waals surface area contributed by atoms with Gasteiger partial charge in [-0.25, -0.2) is 0 Å². The van der Waals surface area contributed by atoms with Crippen molar-refractivity contribution in [3.63, 3.8) is 0 Å². The molecule has 0 heterocycles. The van der Waals surface area contributed by atoms with Crippen LogP contribution in [0.3, 0.4) is 0 Å². The monoisotopic (exact) mass is 233 g/mol. The Morgan fingerprint density at radius 2 is 1.88 bits per heavy atom. The van der Waals surface area contributed by atoms with E-state index in [1.807, 2.05) is 31.2 Å². The highest BCUT2D eigenvalue weighted by atomic mass is 16.4. The van der Waals surface area contributed by atoms with Crippen LogP contribution in [0.15, 0.2) is 30.3 Å². The minimum Gasteiger partial charge on any atom is -0.480 e. The fourth-order valence-electron chi connectivity index (χ4n) is 1.17. The van der Waals surface area contributed by atoms with Gasteiger partial charge in [0.2, 0.25) is 5.91 Å². The molecule has 0 saturated heterocycles. The van der Waals surface area contributed by atoms with Crippen molar-refractivity contribution < 1.29 is 14.7 Å². The lowest BCUT2D eigenvalue weighted by Crippen LogP contribution is -2.37. The van der Waals surface area contributed by atoms with Gasteiger partial charge in [-0.05, 0) is 25.5 Å². The van der Waals surface area contributed by atoms with Crippen LogP contribution in [-0.4, -0.2) is 23.0 Å². The minimum absolute atomic E-state index is 0.416. The van der Waals surface area contributed by atoms with Gasteiger partial charge in [0.05, 0.1) is 0 Å². The van der Waals surface area contributed by atoms with Crippen molar-refractivity contribution in [2.75, 3.05) is 0 Å². The highest BCUT2D eigenvalue weighted by molar-refractivity contribution is 5.94. The van der Waals surface area contributed by atoms with Crippen molar-refractivity contribution in [3.8, 4) is 0 Å². The topological polar surface area (TPSA) is 66.4 Å². The van der Waals surface area contributed by atoms with E-state index in [0.29, 0.717) is 0 Å². The van der Waals surface area contributed by atoms with Crippen LogP contribution in [0, 0.1) is 6.92 Å². The Hall–Kier alpha value is -2.10. The number of aliphatic carboxylic acids is 1. The molecule has 1 atom stereocenters. The van der Waals surface area contributed by atoms with E-state index >= 15 is 0 Å². The Morgan fingerprint density at radius 1 is 1.29 bits per heavy atom. The smallest absolute Gasteiger partial charge is 0.325 e. The van der Waals surface area contributed by atoms with Crippen molar-refractivity contribution in [3.05, 3.63) is 41.5 Å². The van der Waals surface area contributed by atoms with E-state index in [-0.39, 0.29) is 0 Å². The second-order valence-corrected chi connectivity index (χ2v) is 3.81. The number of amides is 1. The molecule has 0 unspecified atom stereocenters. The van der Waals surface area contributed by atoms with E-state index < -0.39 is 17.9 Å². The molecule has 0 radical (unpaired) electrons. The van der Waals surface area contributed by atoms with Gasteiger partial charge in [-0.2, -0.15) is 0 Å². The van der Waals surface area contributed by atoms with Crippen molar-refractivity contribution in [1.82, 2.24) is 5.32 Å². The molecule has 0 spiro atoms. The fourth-order valence-corrected chi connectivity index (χ4v) is 1.17. The summed E-state index contributed by atoms with van der Waals surface area (Å²) in [6.07, 6.45) is 2.97. The van der Waals surface area contributed by atoms with Gasteiger partial charge in [0, 0.05) is 6.08 Å². The summed E-state index contributed by atoms with van der Waals surface area (Å²) in [5.74, 6) is -1.47. The number of hydrogen-bond donors (Lipinski definition) is 2. The van der Waals surface area contributed by atoms with E-state index in [9.17, 15) is 9.59 Å².